The number of carbonyl (C=O) groups excluding carboxylic acids is 1. The van der Waals surface area contributed by atoms with Gasteiger partial charge >= 0.3 is 0 Å². The molecule has 0 spiro atoms. The summed E-state index contributed by atoms with van der Waals surface area (Å²) in [6.45, 7) is 5.89. The third-order valence-electron chi connectivity index (χ3n) is 7.09. The molecule has 1 aliphatic rings. The fourth-order valence-electron chi connectivity index (χ4n) is 4.88. The summed E-state index contributed by atoms with van der Waals surface area (Å²) in [6, 6.07) is 22.5. The molecule has 190 valence electrons. The maximum Gasteiger partial charge on any atom is 0.261 e. The highest BCUT2D eigenvalue weighted by atomic mass is 35.5. The van der Waals surface area contributed by atoms with Gasteiger partial charge in [0.15, 0.2) is 0 Å². The van der Waals surface area contributed by atoms with Gasteiger partial charge in [0.1, 0.15) is 5.82 Å². The van der Waals surface area contributed by atoms with E-state index < -0.39 is 6.04 Å². The van der Waals surface area contributed by atoms with Crippen LogP contribution < -0.4 is 10.9 Å². The number of carbonyl (C=O) groups is 1. The second-order valence-electron chi connectivity index (χ2n) is 9.70. The van der Waals surface area contributed by atoms with Crippen molar-refractivity contribution >= 4 is 28.4 Å². The Morgan fingerprint density at radius 2 is 1.86 bits per heavy atom. The van der Waals surface area contributed by atoms with Crippen LogP contribution in [-0.4, -0.2) is 39.5 Å². The fourth-order valence-corrected chi connectivity index (χ4v) is 5.05. The maximum absolute atomic E-state index is 13.9. The minimum Gasteiger partial charge on any atom is -0.327 e. The van der Waals surface area contributed by atoms with Gasteiger partial charge < -0.3 is 10.2 Å². The van der Waals surface area contributed by atoms with Gasteiger partial charge in [-0.15, -0.1) is 0 Å². The van der Waals surface area contributed by atoms with Crippen molar-refractivity contribution in [3.63, 3.8) is 0 Å². The molecule has 2 atom stereocenters. The van der Waals surface area contributed by atoms with Gasteiger partial charge in [0.05, 0.1) is 23.5 Å². The van der Waals surface area contributed by atoms with E-state index in [9.17, 15) is 9.59 Å². The van der Waals surface area contributed by atoms with E-state index in [0.29, 0.717) is 46.8 Å². The van der Waals surface area contributed by atoms with Gasteiger partial charge in [-0.1, -0.05) is 66.6 Å². The number of halogens is 1. The zero-order valence-electron chi connectivity index (χ0n) is 21.2. The van der Waals surface area contributed by atoms with Crippen molar-refractivity contribution in [3.05, 3.63) is 111 Å². The van der Waals surface area contributed by atoms with Gasteiger partial charge in [-0.05, 0) is 62.2 Å². The van der Waals surface area contributed by atoms with Gasteiger partial charge in [-0.2, -0.15) is 0 Å². The predicted octanol–water partition coefficient (Wildman–Crippen LogP) is 5.36. The number of hydrogen-bond donors (Lipinski definition) is 1. The Kier molecular flexibility index (Phi) is 7.40. The van der Waals surface area contributed by atoms with Crippen LogP contribution in [0.4, 0.5) is 0 Å². The molecule has 7 heteroatoms. The van der Waals surface area contributed by atoms with Gasteiger partial charge in [0.2, 0.25) is 0 Å². The van der Waals surface area contributed by atoms with Crippen molar-refractivity contribution in [3.8, 4) is 0 Å². The van der Waals surface area contributed by atoms with Crippen molar-refractivity contribution in [1.29, 1.82) is 0 Å². The molecule has 37 heavy (non-hydrogen) atoms. The number of rotatable bonds is 8. The zero-order chi connectivity index (χ0) is 25.9. The number of benzene rings is 3. The molecule has 1 saturated heterocycles. The van der Waals surface area contributed by atoms with E-state index in [1.54, 1.807) is 22.8 Å². The smallest absolute Gasteiger partial charge is 0.261 e. The van der Waals surface area contributed by atoms with Crippen molar-refractivity contribution < 1.29 is 4.79 Å². The Labute approximate surface area is 221 Å². The molecule has 1 fully saturated rings. The van der Waals surface area contributed by atoms with Crippen LogP contribution in [0.2, 0.25) is 5.02 Å². The Morgan fingerprint density at radius 3 is 2.51 bits per heavy atom. The Balaban J connectivity index is 1.66. The molecule has 1 aliphatic heterocycles. The second kappa shape index (κ2) is 10.9. The first kappa shape index (κ1) is 25.2. The molecular weight excluding hydrogens is 484 g/mol. The highest BCUT2D eigenvalue weighted by molar-refractivity contribution is 6.31. The van der Waals surface area contributed by atoms with Crippen LogP contribution in [0, 0.1) is 6.92 Å². The van der Waals surface area contributed by atoms with Gasteiger partial charge in [0, 0.05) is 23.2 Å². The van der Waals surface area contributed by atoms with Crippen LogP contribution in [0.25, 0.3) is 10.9 Å². The molecule has 0 radical (unpaired) electrons. The minimum atomic E-state index is -0.393. The quantitative estimate of drug-likeness (QED) is 0.343. The monoisotopic (exact) mass is 514 g/mol. The number of hydrogen-bond acceptors (Lipinski definition) is 4. The zero-order valence-corrected chi connectivity index (χ0v) is 21.9. The topological polar surface area (TPSA) is 67.2 Å². The summed E-state index contributed by atoms with van der Waals surface area (Å²) in [7, 11) is 0. The molecule has 2 heterocycles. The summed E-state index contributed by atoms with van der Waals surface area (Å²) < 4.78 is 1.73. The molecule has 1 aromatic heterocycles. The third kappa shape index (κ3) is 5.31. The lowest BCUT2D eigenvalue weighted by atomic mass is 10.0. The lowest BCUT2D eigenvalue weighted by Crippen LogP contribution is -2.52. The summed E-state index contributed by atoms with van der Waals surface area (Å²) >= 11 is 6.29. The minimum absolute atomic E-state index is 0.0627. The van der Waals surface area contributed by atoms with Crippen molar-refractivity contribution in [2.75, 3.05) is 13.1 Å². The summed E-state index contributed by atoms with van der Waals surface area (Å²) in [5, 5.41) is 4.45. The standard InChI is InChI=1S/C30H31ClN4O2/c1-3-27(34(19-24-15-16-32-24)29(36)22-11-9-20(2)10-12-22)28-33-26-17-23(31)13-14-25(26)30(37)35(28)18-21-7-5-4-6-8-21/h4-14,17,24,27,32H,3,15-16,18-19H2,1-2H3. The van der Waals surface area contributed by atoms with E-state index in [0.717, 1.165) is 24.1 Å². The van der Waals surface area contributed by atoms with Crippen LogP contribution in [0.5, 0.6) is 0 Å². The first-order chi connectivity index (χ1) is 17.9. The van der Waals surface area contributed by atoms with E-state index in [2.05, 4.69) is 5.32 Å². The normalized spacial score (nSPS) is 15.8. The average Bonchev–Trinajstić information content (AvgIpc) is 2.88. The van der Waals surface area contributed by atoms with Crippen molar-refractivity contribution in [1.82, 2.24) is 19.8 Å². The SMILES string of the molecule is CCC(c1nc2cc(Cl)ccc2c(=O)n1Cc1ccccc1)N(CC1CCN1)C(=O)c1ccc(C)cc1. The fraction of sp³-hybridized carbons (Fsp3) is 0.300. The number of aryl methyl sites for hydroxylation is 1. The highest BCUT2D eigenvalue weighted by Gasteiger charge is 2.32. The van der Waals surface area contributed by atoms with E-state index in [1.807, 2.05) is 73.3 Å². The number of amides is 1. The molecule has 0 aliphatic carbocycles. The van der Waals surface area contributed by atoms with E-state index in [-0.39, 0.29) is 17.5 Å². The van der Waals surface area contributed by atoms with Crippen LogP contribution in [0.15, 0.2) is 77.6 Å². The first-order valence-electron chi connectivity index (χ1n) is 12.8. The van der Waals surface area contributed by atoms with Crippen molar-refractivity contribution in [2.24, 2.45) is 0 Å². The number of nitrogens with one attached hydrogen (secondary N) is 1. The molecule has 5 rings (SSSR count). The van der Waals surface area contributed by atoms with E-state index >= 15 is 0 Å². The summed E-state index contributed by atoms with van der Waals surface area (Å²) in [4.78, 5) is 34.7. The van der Waals surface area contributed by atoms with Crippen LogP contribution in [0.3, 0.4) is 0 Å². The predicted molar refractivity (Wildman–Crippen MR) is 148 cm³/mol. The van der Waals surface area contributed by atoms with E-state index in [4.69, 9.17) is 16.6 Å². The molecule has 1 amide bonds. The molecule has 3 aromatic carbocycles. The van der Waals surface area contributed by atoms with Crippen molar-refractivity contribution in [2.45, 2.75) is 45.3 Å². The van der Waals surface area contributed by atoms with Gasteiger partial charge in [-0.25, -0.2) is 4.98 Å². The van der Waals surface area contributed by atoms with Crippen LogP contribution in [0.1, 0.15) is 53.1 Å². The Morgan fingerprint density at radius 1 is 1.14 bits per heavy atom. The van der Waals surface area contributed by atoms with Crippen LogP contribution >= 0.6 is 11.6 Å². The van der Waals surface area contributed by atoms with E-state index in [1.165, 1.54) is 0 Å². The third-order valence-corrected chi connectivity index (χ3v) is 7.33. The molecular formula is C30H31ClN4O2. The Bertz CT molecular complexity index is 1460. The molecule has 4 aromatic rings. The lowest BCUT2D eigenvalue weighted by molar-refractivity contribution is 0.0608. The summed E-state index contributed by atoms with van der Waals surface area (Å²) in [6.07, 6.45) is 1.61. The first-order valence-corrected chi connectivity index (χ1v) is 13.2. The Hall–Kier alpha value is -3.48. The molecule has 0 saturated carbocycles. The molecule has 1 N–H and O–H groups in total. The highest BCUT2D eigenvalue weighted by Crippen LogP contribution is 2.28. The number of nitrogens with zero attached hydrogens (tertiary/aromatic N) is 3. The maximum atomic E-state index is 13.9. The van der Waals surface area contributed by atoms with Gasteiger partial charge in [-0.3, -0.25) is 14.2 Å². The summed E-state index contributed by atoms with van der Waals surface area (Å²) in [5.74, 6) is 0.512. The largest absolute Gasteiger partial charge is 0.327 e. The molecule has 2 unspecified atom stereocenters. The lowest BCUT2D eigenvalue weighted by Gasteiger charge is -2.38. The average molecular weight is 515 g/mol. The van der Waals surface area contributed by atoms with Gasteiger partial charge in [0.25, 0.3) is 11.5 Å². The molecule has 0 bridgehead atoms. The molecule has 6 nitrogen and oxygen atoms in total. The number of fused-ring (bicyclic) bond motifs is 1. The second-order valence-corrected chi connectivity index (χ2v) is 10.1. The number of aromatic nitrogens is 2. The van der Waals surface area contributed by atoms with Crippen LogP contribution in [-0.2, 0) is 6.54 Å². The summed E-state index contributed by atoms with van der Waals surface area (Å²) in [5.41, 5.74) is 3.13.